The van der Waals surface area contributed by atoms with Crippen LogP contribution in [0.3, 0.4) is 0 Å². The van der Waals surface area contributed by atoms with Crippen LogP contribution in [0.15, 0.2) is 30.3 Å². The van der Waals surface area contributed by atoms with Crippen molar-refractivity contribution in [1.82, 2.24) is 4.90 Å². The maximum Gasteiger partial charge on any atom is 0.410 e. The molecular weight excluding hydrogens is 290 g/mol. The first-order valence-electron chi connectivity index (χ1n) is 8.14. The number of piperidine rings is 1. The smallest absolute Gasteiger partial charge is 0.410 e. The first-order valence-corrected chi connectivity index (χ1v) is 8.14. The zero-order chi connectivity index (χ0) is 16.2. The fraction of sp³-hybridized carbons (Fsp3) is 0.474. The van der Waals surface area contributed by atoms with Crippen LogP contribution < -0.4 is 0 Å². The highest BCUT2D eigenvalue weighted by Crippen LogP contribution is 2.39. The Bertz CT molecular complexity index is 605. The first kappa shape index (κ1) is 15.6. The molecule has 1 aromatic rings. The van der Waals surface area contributed by atoms with Gasteiger partial charge in [0.1, 0.15) is 12.4 Å². The Morgan fingerprint density at radius 2 is 1.83 bits per heavy atom. The van der Waals surface area contributed by atoms with Gasteiger partial charge in [-0.1, -0.05) is 36.3 Å². The molecular formula is C19H21NO3. The van der Waals surface area contributed by atoms with Crippen molar-refractivity contribution in [2.75, 3.05) is 0 Å². The molecule has 0 radical (unpaired) electrons. The molecule has 2 heterocycles. The number of benzene rings is 1. The minimum atomic E-state index is -0.260. The summed E-state index contributed by atoms with van der Waals surface area (Å²) in [4.78, 5) is 26.3. The number of hydrogen-bond acceptors (Lipinski definition) is 3. The first-order chi connectivity index (χ1) is 11.2. The number of ether oxygens (including phenoxy) is 1. The predicted molar refractivity (Wildman–Crippen MR) is 86.5 cm³/mol. The van der Waals surface area contributed by atoms with Crippen LogP contribution in [0.2, 0.25) is 0 Å². The molecule has 1 aromatic carbocycles. The van der Waals surface area contributed by atoms with Gasteiger partial charge in [-0.05, 0) is 31.2 Å². The Labute approximate surface area is 136 Å². The van der Waals surface area contributed by atoms with Gasteiger partial charge in [-0.2, -0.15) is 0 Å². The monoisotopic (exact) mass is 311 g/mol. The summed E-state index contributed by atoms with van der Waals surface area (Å²) in [6, 6.07) is 9.89. The van der Waals surface area contributed by atoms with Crippen molar-refractivity contribution >= 4 is 11.9 Å². The lowest BCUT2D eigenvalue weighted by atomic mass is 9.86. The zero-order valence-corrected chi connectivity index (χ0v) is 13.1. The van der Waals surface area contributed by atoms with Gasteiger partial charge < -0.3 is 9.64 Å². The SMILES string of the molecule is C#CCC(=O)C1CC2CCC(C1)N2C(=O)OCc1ccccc1. The number of carbonyl (C=O) groups is 2. The summed E-state index contributed by atoms with van der Waals surface area (Å²) in [7, 11) is 0. The molecule has 2 aliphatic rings. The fourth-order valence-electron chi connectivity index (χ4n) is 3.78. The molecule has 0 aliphatic carbocycles. The third-order valence-corrected chi connectivity index (χ3v) is 4.88. The Balaban J connectivity index is 1.58. The molecule has 3 rings (SSSR count). The van der Waals surface area contributed by atoms with Gasteiger partial charge in [0.05, 0.1) is 6.42 Å². The van der Waals surface area contributed by atoms with Gasteiger partial charge in [-0.25, -0.2) is 4.79 Å². The molecule has 2 bridgehead atoms. The predicted octanol–water partition coefficient (Wildman–Crippen LogP) is 3.16. The molecule has 2 unspecified atom stereocenters. The lowest BCUT2D eigenvalue weighted by Crippen LogP contribution is -2.48. The molecule has 2 atom stereocenters. The van der Waals surface area contributed by atoms with Gasteiger partial charge in [0.15, 0.2) is 0 Å². The third-order valence-electron chi connectivity index (χ3n) is 4.88. The minimum Gasteiger partial charge on any atom is -0.445 e. The van der Waals surface area contributed by atoms with Crippen LogP contribution in [-0.4, -0.2) is 28.9 Å². The molecule has 0 aromatic heterocycles. The van der Waals surface area contributed by atoms with Crippen molar-refractivity contribution in [3.63, 3.8) is 0 Å². The van der Waals surface area contributed by atoms with Gasteiger partial charge in [-0.3, -0.25) is 4.79 Å². The Kier molecular flexibility index (Phi) is 4.66. The number of rotatable bonds is 4. The molecule has 120 valence electrons. The molecule has 23 heavy (non-hydrogen) atoms. The van der Waals surface area contributed by atoms with Crippen molar-refractivity contribution in [1.29, 1.82) is 0 Å². The van der Waals surface area contributed by atoms with Crippen LogP contribution in [0.1, 0.15) is 37.7 Å². The van der Waals surface area contributed by atoms with Crippen molar-refractivity contribution in [2.24, 2.45) is 5.92 Å². The number of fused-ring (bicyclic) bond motifs is 2. The van der Waals surface area contributed by atoms with Crippen LogP contribution in [0, 0.1) is 18.3 Å². The van der Waals surface area contributed by atoms with Gasteiger partial charge in [0.2, 0.25) is 0 Å². The van der Waals surface area contributed by atoms with E-state index < -0.39 is 0 Å². The summed E-state index contributed by atoms with van der Waals surface area (Å²) < 4.78 is 5.46. The second kappa shape index (κ2) is 6.87. The van der Waals surface area contributed by atoms with Crippen molar-refractivity contribution < 1.29 is 14.3 Å². The maximum atomic E-state index is 12.4. The van der Waals surface area contributed by atoms with Crippen LogP contribution in [0.5, 0.6) is 0 Å². The van der Waals surface area contributed by atoms with E-state index in [0.717, 1.165) is 31.2 Å². The Morgan fingerprint density at radius 3 is 2.43 bits per heavy atom. The normalized spacial score (nSPS) is 25.7. The fourth-order valence-corrected chi connectivity index (χ4v) is 3.78. The number of terminal acetylenes is 1. The van der Waals surface area contributed by atoms with E-state index in [0.29, 0.717) is 0 Å². The number of carbonyl (C=O) groups excluding carboxylic acids is 2. The van der Waals surface area contributed by atoms with E-state index in [1.807, 2.05) is 35.2 Å². The largest absolute Gasteiger partial charge is 0.445 e. The van der Waals surface area contributed by atoms with E-state index >= 15 is 0 Å². The highest BCUT2D eigenvalue weighted by Gasteiger charge is 2.45. The van der Waals surface area contributed by atoms with Crippen molar-refractivity contribution in [3.8, 4) is 12.3 Å². The minimum absolute atomic E-state index is 0.00160. The molecule has 4 heteroatoms. The molecule has 1 amide bonds. The maximum absolute atomic E-state index is 12.4. The van der Waals surface area contributed by atoms with E-state index in [1.54, 1.807) is 0 Å². The summed E-state index contributed by atoms with van der Waals surface area (Å²) in [6.45, 7) is 0.287. The lowest BCUT2D eigenvalue weighted by molar-refractivity contribution is -0.124. The van der Waals surface area contributed by atoms with Crippen molar-refractivity contribution in [2.45, 2.75) is 50.8 Å². The van der Waals surface area contributed by atoms with Crippen molar-refractivity contribution in [3.05, 3.63) is 35.9 Å². The lowest BCUT2D eigenvalue weighted by Gasteiger charge is -2.37. The summed E-state index contributed by atoms with van der Waals surface area (Å²) >= 11 is 0. The average Bonchev–Trinajstić information content (AvgIpc) is 2.83. The van der Waals surface area contributed by atoms with Gasteiger partial charge >= 0.3 is 6.09 Å². The van der Waals surface area contributed by atoms with Gasteiger partial charge in [0.25, 0.3) is 0 Å². The highest BCUT2D eigenvalue weighted by atomic mass is 16.6. The van der Waals surface area contributed by atoms with E-state index in [2.05, 4.69) is 5.92 Å². The molecule has 0 spiro atoms. The van der Waals surface area contributed by atoms with E-state index in [4.69, 9.17) is 11.2 Å². The Morgan fingerprint density at radius 1 is 1.17 bits per heavy atom. The van der Waals surface area contributed by atoms with Gasteiger partial charge in [0, 0.05) is 18.0 Å². The quantitative estimate of drug-likeness (QED) is 0.803. The molecule has 2 aliphatic heterocycles. The highest BCUT2D eigenvalue weighted by molar-refractivity contribution is 5.83. The van der Waals surface area contributed by atoms with Crippen LogP contribution in [0.4, 0.5) is 4.79 Å². The van der Waals surface area contributed by atoms with E-state index in [-0.39, 0.29) is 42.9 Å². The number of Topliss-reactive ketones (excluding diaryl/α,β-unsaturated/α-hetero) is 1. The second-order valence-electron chi connectivity index (χ2n) is 6.35. The van der Waals surface area contributed by atoms with Crippen LogP contribution in [-0.2, 0) is 16.1 Å². The summed E-state index contributed by atoms with van der Waals surface area (Å²) in [6.07, 6.45) is 8.51. The summed E-state index contributed by atoms with van der Waals surface area (Å²) in [5.74, 6) is 2.57. The van der Waals surface area contributed by atoms with E-state index in [1.165, 1.54) is 0 Å². The van der Waals surface area contributed by atoms with E-state index in [9.17, 15) is 9.59 Å². The molecule has 0 saturated carbocycles. The topological polar surface area (TPSA) is 46.6 Å². The number of hydrogen-bond donors (Lipinski definition) is 0. The number of amides is 1. The molecule has 4 nitrogen and oxygen atoms in total. The number of ketones is 1. The molecule has 2 fully saturated rings. The van der Waals surface area contributed by atoms with Crippen LogP contribution >= 0.6 is 0 Å². The standard InChI is InChI=1S/C19H21NO3/c1-2-6-18(21)15-11-16-9-10-17(12-15)20(16)19(22)23-13-14-7-4-3-5-8-14/h1,3-5,7-8,15-17H,6,9-13H2. The second-order valence-corrected chi connectivity index (χ2v) is 6.35. The summed E-state index contributed by atoms with van der Waals surface area (Å²) in [5.41, 5.74) is 0.979. The molecule has 2 saturated heterocycles. The van der Waals surface area contributed by atoms with Crippen LogP contribution in [0.25, 0.3) is 0 Å². The third kappa shape index (κ3) is 3.39. The Hall–Kier alpha value is -2.28. The zero-order valence-electron chi connectivity index (χ0n) is 13.1. The number of nitrogens with zero attached hydrogens (tertiary/aromatic N) is 1. The average molecular weight is 311 g/mol. The van der Waals surface area contributed by atoms with Gasteiger partial charge in [-0.15, -0.1) is 6.42 Å². The molecule has 0 N–H and O–H groups in total. The summed E-state index contributed by atoms with van der Waals surface area (Å²) in [5, 5.41) is 0.